The topological polar surface area (TPSA) is 21.1 Å². The molecule has 0 amide bonds. The van der Waals surface area contributed by atoms with Crippen LogP contribution in [0.2, 0.25) is 0 Å². The molecule has 2 heterocycles. The average Bonchev–Trinajstić information content (AvgIpc) is 2.81. The van der Waals surface area contributed by atoms with Crippen molar-refractivity contribution in [2.75, 3.05) is 20.1 Å². The molecular formula is C14H19N3. The highest BCUT2D eigenvalue weighted by Crippen LogP contribution is 2.27. The van der Waals surface area contributed by atoms with Gasteiger partial charge in [-0.1, -0.05) is 6.07 Å². The van der Waals surface area contributed by atoms with Crippen molar-refractivity contribution in [1.29, 1.82) is 0 Å². The summed E-state index contributed by atoms with van der Waals surface area (Å²) in [5.41, 5.74) is 3.73. The smallest absolute Gasteiger partial charge is 0.107 e. The maximum atomic E-state index is 4.67. The summed E-state index contributed by atoms with van der Waals surface area (Å²) >= 11 is 0. The quantitative estimate of drug-likeness (QED) is 0.749. The van der Waals surface area contributed by atoms with Gasteiger partial charge >= 0.3 is 0 Å². The van der Waals surface area contributed by atoms with Gasteiger partial charge in [-0.3, -0.25) is 0 Å². The van der Waals surface area contributed by atoms with Crippen molar-refractivity contribution < 1.29 is 0 Å². The fourth-order valence-corrected chi connectivity index (χ4v) is 2.91. The van der Waals surface area contributed by atoms with Crippen LogP contribution in [0.4, 0.5) is 0 Å². The molecule has 0 radical (unpaired) electrons. The number of benzene rings is 1. The van der Waals surface area contributed by atoms with E-state index in [1.807, 2.05) is 0 Å². The van der Waals surface area contributed by atoms with Gasteiger partial charge in [-0.2, -0.15) is 0 Å². The molecule has 1 aromatic heterocycles. The van der Waals surface area contributed by atoms with E-state index in [-0.39, 0.29) is 0 Å². The lowest BCUT2D eigenvalue weighted by Gasteiger charge is -2.15. The molecule has 17 heavy (non-hydrogen) atoms. The molecule has 0 saturated carbocycles. The monoisotopic (exact) mass is 229 g/mol. The summed E-state index contributed by atoms with van der Waals surface area (Å²) in [6, 6.07) is 7.12. The summed E-state index contributed by atoms with van der Waals surface area (Å²) in [5.74, 6) is 1.14. The summed E-state index contributed by atoms with van der Waals surface area (Å²) in [5, 5.41) is 0. The molecule has 3 heteroatoms. The van der Waals surface area contributed by atoms with E-state index in [0.717, 1.165) is 17.9 Å². The lowest BCUT2D eigenvalue weighted by Crippen LogP contribution is -2.17. The fraction of sp³-hybridized carbons (Fsp3) is 0.500. The van der Waals surface area contributed by atoms with Crippen LogP contribution >= 0.6 is 0 Å². The van der Waals surface area contributed by atoms with Gasteiger partial charge in [0, 0.05) is 12.6 Å². The summed E-state index contributed by atoms with van der Waals surface area (Å²) < 4.78 is 2.42. The van der Waals surface area contributed by atoms with Gasteiger partial charge < -0.3 is 9.47 Å². The molecular weight excluding hydrogens is 210 g/mol. The molecule has 2 aromatic rings. The van der Waals surface area contributed by atoms with E-state index in [4.69, 9.17) is 0 Å². The van der Waals surface area contributed by atoms with Gasteiger partial charge in [0.15, 0.2) is 0 Å². The van der Waals surface area contributed by atoms with Crippen LogP contribution in [0.25, 0.3) is 11.0 Å². The van der Waals surface area contributed by atoms with Crippen LogP contribution in [0.3, 0.4) is 0 Å². The Labute approximate surface area is 102 Å². The first-order valence-corrected chi connectivity index (χ1v) is 6.29. The molecule has 0 unspecified atom stereocenters. The molecule has 0 aliphatic carbocycles. The number of nitrogens with zero attached hydrogens (tertiary/aromatic N) is 3. The number of aryl methyl sites for hydroxylation is 2. The number of imidazole rings is 1. The molecule has 1 aromatic carbocycles. The Kier molecular flexibility index (Phi) is 2.44. The first-order chi connectivity index (χ1) is 8.15. The minimum atomic E-state index is 0.590. The number of hydrogen-bond donors (Lipinski definition) is 0. The normalized spacial score (nSPS) is 21.5. The number of aromatic nitrogens is 2. The molecule has 0 N–H and O–H groups in total. The van der Waals surface area contributed by atoms with Crippen molar-refractivity contribution in [3.63, 3.8) is 0 Å². The third-order valence-electron chi connectivity index (χ3n) is 3.75. The fourth-order valence-electron chi connectivity index (χ4n) is 2.91. The first kappa shape index (κ1) is 10.8. The van der Waals surface area contributed by atoms with E-state index in [0.29, 0.717) is 6.04 Å². The summed E-state index contributed by atoms with van der Waals surface area (Å²) in [7, 11) is 2.19. The Hall–Kier alpha value is -1.35. The second-order valence-corrected chi connectivity index (χ2v) is 5.23. The molecule has 1 fully saturated rings. The number of likely N-dealkylation sites (tertiary alicyclic amines) is 1. The molecule has 1 aliphatic rings. The third kappa shape index (κ3) is 1.75. The Bertz CT molecular complexity index is 556. The molecule has 1 aliphatic heterocycles. The van der Waals surface area contributed by atoms with Crippen molar-refractivity contribution in [3.8, 4) is 0 Å². The first-order valence-electron chi connectivity index (χ1n) is 6.29. The van der Waals surface area contributed by atoms with Crippen LogP contribution in [0.15, 0.2) is 18.2 Å². The Morgan fingerprint density at radius 3 is 2.82 bits per heavy atom. The molecule has 90 valence electrons. The Morgan fingerprint density at radius 1 is 1.29 bits per heavy atom. The number of rotatable bonds is 1. The Morgan fingerprint density at radius 2 is 2.12 bits per heavy atom. The zero-order valence-electron chi connectivity index (χ0n) is 10.8. The second-order valence-electron chi connectivity index (χ2n) is 5.23. The highest BCUT2D eigenvalue weighted by molar-refractivity contribution is 5.77. The van der Waals surface area contributed by atoms with E-state index in [1.165, 1.54) is 24.0 Å². The predicted molar refractivity (Wildman–Crippen MR) is 70.4 cm³/mol. The van der Waals surface area contributed by atoms with Crippen LogP contribution < -0.4 is 0 Å². The van der Waals surface area contributed by atoms with Gasteiger partial charge in [0.2, 0.25) is 0 Å². The van der Waals surface area contributed by atoms with E-state index in [1.54, 1.807) is 0 Å². The molecule has 0 spiro atoms. The molecule has 3 rings (SSSR count). The van der Waals surface area contributed by atoms with Crippen molar-refractivity contribution in [2.45, 2.75) is 26.3 Å². The zero-order valence-corrected chi connectivity index (χ0v) is 10.8. The lowest BCUT2D eigenvalue weighted by atomic mass is 10.2. The van der Waals surface area contributed by atoms with Crippen LogP contribution in [0.5, 0.6) is 0 Å². The van der Waals surface area contributed by atoms with Crippen LogP contribution in [-0.2, 0) is 0 Å². The van der Waals surface area contributed by atoms with E-state index >= 15 is 0 Å². The van der Waals surface area contributed by atoms with Gasteiger partial charge in [-0.05, 0) is 51.6 Å². The van der Waals surface area contributed by atoms with Crippen molar-refractivity contribution >= 4 is 11.0 Å². The van der Waals surface area contributed by atoms with Gasteiger partial charge in [-0.15, -0.1) is 0 Å². The van der Waals surface area contributed by atoms with Gasteiger partial charge in [0.25, 0.3) is 0 Å². The van der Waals surface area contributed by atoms with Crippen LogP contribution in [-0.4, -0.2) is 34.6 Å². The number of hydrogen-bond acceptors (Lipinski definition) is 2. The van der Waals surface area contributed by atoms with E-state index in [2.05, 4.69) is 53.5 Å². The summed E-state index contributed by atoms with van der Waals surface area (Å²) in [6.45, 7) is 6.59. The van der Waals surface area contributed by atoms with Gasteiger partial charge in [-0.25, -0.2) is 4.98 Å². The number of fused-ring (bicyclic) bond motifs is 1. The SMILES string of the molecule is Cc1ccc2nc(C)n([C@@H]3CCN(C)C3)c2c1. The second kappa shape index (κ2) is 3.84. The van der Waals surface area contributed by atoms with Crippen LogP contribution in [0, 0.1) is 13.8 Å². The number of likely N-dealkylation sites (N-methyl/N-ethyl adjacent to an activating group) is 1. The lowest BCUT2D eigenvalue weighted by molar-refractivity contribution is 0.393. The minimum Gasteiger partial charge on any atom is -0.324 e. The van der Waals surface area contributed by atoms with Crippen LogP contribution in [0.1, 0.15) is 23.9 Å². The molecule has 3 nitrogen and oxygen atoms in total. The van der Waals surface area contributed by atoms with E-state index in [9.17, 15) is 0 Å². The predicted octanol–water partition coefficient (Wildman–Crippen LogP) is 2.53. The average molecular weight is 229 g/mol. The molecule has 1 saturated heterocycles. The molecule has 1 atom stereocenters. The maximum Gasteiger partial charge on any atom is 0.107 e. The highest BCUT2D eigenvalue weighted by Gasteiger charge is 2.23. The summed E-state index contributed by atoms with van der Waals surface area (Å²) in [4.78, 5) is 7.06. The Balaban J connectivity index is 2.14. The zero-order chi connectivity index (χ0) is 12.0. The van der Waals surface area contributed by atoms with E-state index < -0.39 is 0 Å². The third-order valence-corrected chi connectivity index (χ3v) is 3.75. The largest absolute Gasteiger partial charge is 0.324 e. The summed E-state index contributed by atoms with van der Waals surface area (Å²) in [6.07, 6.45) is 1.23. The highest BCUT2D eigenvalue weighted by atomic mass is 15.2. The van der Waals surface area contributed by atoms with Crippen molar-refractivity contribution in [2.24, 2.45) is 0 Å². The van der Waals surface area contributed by atoms with Gasteiger partial charge in [0.05, 0.1) is 11.0 Å². The molecule has 0 bridgehead atoms. The van der Waals surface area contributed by atoms with Gasteiger partial charge in [0.1, 0.15) is 5.82 Å². The van der Waals surface area contributed by atoms with Crippen molar-refractivity contribution in [3.05, 3.63) is 29.6 Å². The standard InChI is InChI=1S/C14H19N3/c1-10-4-5-13-14(8-10)17(11(2)15-13)12-6-7-16(3)9-12/h4-5,8,12H,6-7,9H2,1-3H3/t12-/m1/s1. The van der Waals surface area contributed by atoms with Crippen molar-refractivity contribution in [1.82, 2.24) is 14.5 Å². The minimum absolute atomic E-state index is 0.590. The maximum absolute atomic E-state index is 4.67.